The van der Waals surface area contributed by atoms with Crippen LogP contribution >= 0.6 is 23.2 Å². The summed E-state index contributed by atoms with van der Waals surface area (Å²) in [4.78, 5) is 23.8. The zero-order valence-corrected chi connectivity index (χ0v) is 16.8. The first kappa shape index (κ1) is 21.8. The van der Waals surface area contributed by atoms with Gasteiger partial charge in [0.1, 0.15) is 0 Å². The Labute approximate surface area is 163 Å². The third kappa shape index (κ3) is 8.26. The van der Waals surface area contributed by atoms with E-state index in [0.29, 0.717) is 23.8 Å². The number of nitrogens with one attached hydrogen (secondary N) is 4. The number of hydrogen-bond donors (Lipinski definition) is 4. The summed E-state index contributed by atoms with van der Waals surface area (Å²) in [6, 6.07) is 0. The van der Waals surface area contributed by atoms with Gasteiger partial charge in [0.05, 0.1) is 0 Å². The van der Waals surface area contributed by atoms with Gasteiger partial charge in [-0.2, -0.15) is 29.9 Å². The van der Waals surface area contributed by atoms with E-state index in [1.807, 2.05) is 27.7 Å². The molecule has 2 aromatic heterocycles. The molecule has 10 nitrogen and oxygen atoms in total. The van der Waals surface area contributed by atoms with E-state index in [2.05, 4.69) is 51.2 Å². The van der Waals surface area contributed by atoms with Crippen LogP contribution in [0, 0.1) is 0 Å². The highest BCUT2D eigenvalue weighted by Crippen LogP contribution is 2.09. The van der Waals surface area contributed by atoms with Crippen molar-refractivity contribution >= 4 is 47.0 Å². The zero-order chi connectivity index (χ0) is 19.4. The molecule has 4 N–H and O–H groups in total. The van der Waals surface area contributed by atoms with Gasteiger partial charge in [0, 0.05) is 26.2 Å². The molecular formula is C14H24Cl2N10. The highest BCUT2D eigenvalue weighted by molar-refractivity contribution is 6.28. The molecule has 2 aromatic rings. The molecule has 0 aliphatic carbocycles. The second-order valence-electron chi connectivity index (χ2n) is 4.62. The van der Waals surface area contributed by atoms with Gasteiger partial charge in [0.2, 0.25) is 34.4 Å². The molecule has 144 valence electrons. The van der Waals surface area contributed by atoms with Gasteiger partial charge in [-0.15, -0.1) is 0 Å². The van der Waals surface area contributed by atoms with Crippen molar-refractivity contribution in [3.05, 3.63) is 10.6 Å². The Bertz CT molecular complexity index is 564. The van der Waals surface area contributed by atoms with Gasteiger partial charge >= 0.3 is 0 Å². The summed E-state index contributed by atoms with van der Waals surface area (Å²) < 4.78 is 0. The third-order valence-electron chi connectivity index (χ3n) is 2.56. The second kappa shape index (κ2) is 12.2. The van der Waals surface area contributed by atoms with E-state index in [9.17, 15) is 0 Å². The molecule has 0 atom stereocenters. The molecule has 0 saturated carbocycles. The molecule has 0 bridgehead atoms. The molecule has 0 aromatic carbocycles. The lowest BCUT2D eigenvalue weighted by molar-refractivity contribution is 0.998. The summed E-state index contributed by atoms with van der Waals surface area (Å²) in [6.45, 7) is 10.9. The molecule has 0 fully saturated rings. The Morgan fingerprint density at radius 1 is 0.500 bits per heavy atom. The van der Waals surface area contributed by atoms with Gasteiger partial charge in [0.25, 0.3) is 0 Å². The SMILES string of the molecule is CCNc1nc(Cl)nc(NCC)n1.CCNc1nc(Cl)nc(NCC)n1. The van der Waals surface area contributed by atoms with Gasteiger partial charge < -0.3 is 21.3 Å². The second-order valence-corrected chi connectivity index (χ2v) is 5.30. The molecule has 12 heteroatoms. The molecular weight excluding hydrogens is 379 g/mol. The number of halogens is 2. The summed E-state index contributed by atoms with van der Waals surface area (Å²) >= 11 is 11.4. The fraction of sp³-hybridized carbons (Fsp3) is 0.571. The molecule has 0 aliphatic heterocycles. The molecule has 0 amide bonds. The summed E-state index contributed by atoms with van der Waals surface area (Å²) in [6.07, 6.45) is 0. The predicted molar refractivity (Wildman–Crippen MR) is 106 cm³/mol. The quantitative estimate of drug-likeness (QED) is 0.523. The van der Waals surface area contributed by atoms with Crippen molar-refractivity contribution in [1.82, 2.24) is 29.9 Å². The minimum Gasteiger partial charge on any atom is -0.354 e. The fourth-order valence-electron chi connectivity index (χ4n) is 1.65. The normalized spacial score (nSPS) is 9.77. The lowest BCUT2D eigenvalue weighted by Crippen LogP contribution is -2.08. The van der Waals surface area contributed by atoms with Crippen LogP contribution < -0.4 is 21.3 Å². The number of nitrogens with zero attached hydrogens (tertiary/aromatic N) is 6. The van der Waals surface area contributed by atoms with Crippen LogP contribution in [0.2, 0.25) is 10.6 Å². The molecule has 0 aliphatic rings. The lowest BCUT2D eigenvalue weighted by Gasteiger charge is -2.04. The Kier molecular flexibility index (Phi) is 10.3. The minimum atomic E-state index is 0.196. The van der Waals surface area contributed by atoms with Crippen molar-refractivity contribution in [1.29, 1.82) is 0 Å². The maximum atomic E-state index is 5.68. The summed E-state index contributed by atoms with van der Waals surface area (Å²) in [5.41, 5.74) is 0. The first-order chi connectivity index (χ1) is 12.5. The number of aromatic nitrogens is 6. The van der Waals surface area contributed by atoms with Gasteiger partial charge in [-0.1, -0.05) is 0 Å². The number of rotatable bonds is 8. The highest BCUT2D eigenvalue weighted by Gasteiger charge is 2.02. The maximum Gasteiger partial charge on any atom is 0.228 e. The van der Waals surface area contributed by atoms with Crippen LogP contribution in [-0.4, -0.2) is 56.1 Å². The van der Waals surface area contributed by atoms with E-state index in [4.69, 9.17) is 23.2 Å². The standard InChI is InChI=1S/2C7H12ClN5/c2*1-3-9-6-11-5(8)12-7(13-6)10-4-2/h2*3-4H2,1-2H3,(H2,9,10,11,12,13). The Morgan fingerprint density at radius 3 is 0.923 bits per heavy atom. The third-order valence-corrected chi connectivity index (χ3v) is 2.89. The Balaban J connectivity index is 0.000000260. The zero-order valence-electron chi connectivity index (χ0n) is 15.3. The summed E-state index contributed by atoms with van der Waals surface area (Å²) in [7, 11) is 0. The van der Waals surface area contributed by atoms with Gasteiger partial charge in [0.15, 0.2) is 0 Å². The summed E-state index contributed by atoms with van der Waals surface area (Å²) in [5.74, 6) is 1.99. The Morgan fingerprint density at radius 2 is 0.731 bits per heavy atom. The van der Waals surface area contributed by atoms with Crippen LogP contribution in [0.1, 0.15) is 27.7 Å². The highest BCUT2D eigenvalue weighted by atomic mass is 35.5. The van der Waals surface area contributed by atoms with Crippen LogP contribution in [0.4, 0.5) is 23.8 Å². The number of anilines is 4. The van der Waals surface area contributed by atoms with E-state index in [0.717, 1.165) is 26.2 Å². The van der Waals surface area contributed by atoms with Crippen LogP contribution in [0.5, 0.6) is 0 Å². The maximum absolute atomic E-state index is 5.68. The van der Waals surface area contributed by atoms with E-state index < -0.39 is 0 Å². The van der Waals surface area contributed by atoms with Crippen molar-refractivity contribution in [2.75, 3.05) is 47.4 Å². The van der Waals surface area contributed by atoms with Crippen LogP contribution in [-0.2, 0) is 0 Å². The predicted octanol–water partition coefficient (Wildman–Crippen LogP) is 2.78. The van der Waals surface area contributed by atoms with E-state index in [1.165, 1.54) is 0 Å². The lowest BCUT2D eigenvalue weighted by atomic mass is 10.7. The van der Waals surface area contributed by atoms with Crippen molar-refractivity contribution < 1.29 is 0 Å². The van der Waals surface area contributed by atoms with Crippen LogP contribution in [0.3, 0.4) is 0 Å². The molecule has 0 radical (unpaired) electrons. The molecule has 26 heavy (non-hydrogen) atoms. The van der Waals surface area contributed by atoms with Crippen molar-refractivity contribution in [2.24, 2.45) is 0 Å². The monoisotopic (exact) mass is 402 g/mol. The van der Waals surface area contributed by atoms with Crippen LogP contribution in [0.25, 0.3) is 0 Å². The van der Waals surface area contributed by atoms with Crippen molar-refractivity contribution in [3.8, 4) is 0 Å². The van der Waals surface area contributed by atoms with E-state index in [1.54, 1.807) is 0 Å². The Hall–Kier alpha value is -2.20. The molecule has 0 saturated heterocycles. The van der Waals surface area contributed by atoms with E-state index >= 15 is 0 Å². The van der Waals surface area contributed by atoms with Gasteiger partial charge in [-0.05, 0) is 50.9 Å². The fourth-order valence-corrected chi connectivity index (χ4v) is 1.97. The van der Waals surface area contributed by atoms with Crippen molar-refractivity contribution in [3.63, 3.8) is 0 Å². The average molecular weight is 403 g/mol. The smallest absolute Gasteiger partial charge is 0.228 e. The first-order valence-electron chi connectivity index (χ1n) is 8.30. The average Bonchev–Trinajstić information content (AvgIpc) is 2.55. The topological polar surface area (TPSA) is 125 Å². The number of hydrogen-bond acceptors (Lipinski definition) is 10. The largest absolute Gasteiger partial charge is 0.354 e. The van der Waals surface area contributed by atoms with E-state index in [-0.39, 0.29) is 10.6 Å². The summed E-state index contributed by atoms with van der Waals surface area (Å²) in [5, 5.41) is 12.2. The first-order valence-corrected chi connectivity index (χ1v) is 9.06. The molecule has 2 rings (SSSR count). The minimum absolute atomic E-state index is 0.196. The van der Waals surface area contributed by atoms with Crippen molar-refractivity contribution in [2.45, 2.75) is 27.7 Å². The van der Waals surface area contributed by atoms with Gasteiger partial charge in [-0.25, -0.2) is 0 Å². The molecule has 2 heterocycles. The van der Waals surface area contributed by atoms with Crippen LogP contribution in [0.15, 0.2) is 0 Å². The molecule has 0 spiro atoms. The van der Waals surface area contributed by atoms with Gasteiger partial charge in [-0.3, -0.25) is 0 Å². The molecule has 0 unspecified atom stereocenters.